The fourth-order valence-electron chi connectivity index (χ4n) is 3.64. The van der Waals surface area contributed by atoms with Crippen molar-refractivity contribution in [3.05, 3.63) is 34.4 Å². The van der Waals surface area contributed by atoms with E-state index in [1.54, 1.807) is 0 Å². The third-order valence-corrected chi connectivity index (χ3v) is 6.96. The van der Waals surface area contributed by atoms with Gasteiger partial charge in [0, 0.05) is 44.4 Å². The van der Waals surface area contributed by atoms with Crippen LogP contribution >= 0.6 is 0 Å². The average Bonchev–Trinajstić information content (AvgIpc) is 2.62. The van der Waals surface area contributed by atoms with Crippen molar-refractivity contribution in [1.29, 1.82) is 0 Å². The first-order valence-electron chi connectivity index (χ1n) is 8.47. The Balaban J connectivity index is 1.65. The van der Waals surface area contributed by atoms with Crippen molar-refractivity contribution < 1.29 is 13.3 Å². The Morgan fingerprint density at radius 2 is 1.54 bits per heavy atom. The Morgan fingerprint density at radius 1 is 0.958 bits per heavy atom. The maximum Gasteiger partial charge on any atom is 0.269 e. The van der Waals surface area contributed by atoms with Crippen LogP contribution in [0.15, 0.2) is 29.2 Å². The molecule has 0 unspecified atom stereocenters. The molecular weight excluding hydrogens is 330 g/mol. The van der Waals surface area contributed by atoms with Gasteiger partial charge in [-0.25, -0.2) is 8.42 Å². The molecule has 2 fully saturated rings. The first kappa shape index (κ1) is 17.3. The van der Waals surface area contributed by atoms with Crippen LogP contribution in [0.1, 0.15) is 32.1 Å². The number of hydrogen-bond donors (Lipinski definition) is 0. The monoisotopic (exact) mass is 353 g/mol. The van der Waals surface area contributed by atoms with Gasteiger partial charge in [0.2, 0.25) is 10.0 Å². The smallest absolute Gasteiger partial charge is 0.269 e. The van der Waals surface area contributed by atoms with Gasteiger partial charge in [0.05, 0.1) is 9.82 Å². The molecule has 1 aliphatic carbocycles. The van der Waals surface area contributed by atoms with Crippen molar-refractivity contribution >= 4 is 15.7 Å². The second kappa shape index (κ2) is 7.16. The molecule has 0 amide bonds. The summed E-state index contributed by atoms with van der Waals surface area (Å²) in [5.41, 5.74) is -0.101. The minimum Gasteiger partial charge on any atom is -0.298 e. The van der Waals surface area contributed by atoms with Crippen molar-refractivity contribution in [2.75, 3.05) is 26.2 Å². The van der Waals surface area contributed by atoms with E-state index in [1.165, 1.54) is 60.7 Å². The van der Waals surface area contributed by atoms with E-state index in [4.69, 9.17) is 0 Å². The summed E-state index contributed by atoms with van der Waals surface area (Å²) < 4.78 is 26.9. The van der Waals surface area contributed by atoms with E-state index in [1.807, 2.05) is 0 Å². The highest BCUT2D eigenvalue weighted by molar-refractivity contribution is 7.89. The first-order chi connectivity index (χ1) is 11.5. The van der Waals surface area contributed by atoms with Crippen molar-refractivity contribution in [2.24, 2.45) is 0 Å². The van der Waals surface area contributed by atoms with Crippen molar-refractivity contribution in [3.63, 3.8) is 0 Å². The molecule has 0 atom stereocenters. The molecule has 0 spiro atoms. The van der Waals surface area contributed by atoms with Crippen LogP contribution in [0, 0.1) is 10.1 Å². The zero-order valence-electron chi connectivity index (χ0n) is 13.6. The molecule has 0 bridgehead atoms. The van der Waals surface area contributed by atoms with E-state index >= 15 is 0 Å². The second-order valence-corrected chi connectivity index (χ2v) is 8.42. The molecule has 24 heavy (non-hydrogen) atoms. The van der Waals surface area contributed by atoms with Crippen LogP contribution in [0.5, 0.6) is 0 Å². The summed E-state index contributed by atoms with van der Waals surface area (Å²) in [5, 5.41) is 10.7. The third-order valence-electron chi connectivity index (χ3n) is 5.05. The predicted octanol–water partition coefficient (Wildman–Crippen LogP) is 2.23. The molecule has 1 heterocycles. The maximum absolute atomic E-state index is 12.7. The number of rotatable bonds is 4. The summed E-state index contributed by atoms with van der Waals surface area (Å²) in [5.74, 6) is 0. The molecule has 7 nitrogen and oxygen atoms in total. The van der Waals surface area contributed by atoms with Crippen LogP contribution in [0.25, 0.3) is 0 Å². The summed E-state index contributed by atoms with van der Waals surface area (Å²) in [4.78, 5) is 12.7. The Morgan fingerprint density at radius 3 is 2.08 bits per heavy atom. The molecule has 0 radical (unpaired) electrons. The molecule has 1 aliphatic heterocycles. The summed E-state index contributed by atoms with van der Waals surface area (Å²) in [6, 6.07) is 5.72. The van der Waals surface area contributed by atoms with E-state index in [0.29, 0.717) is 19.1 Å². The topological polar surface area (TPSA) is 83.8 Å². The quantitative estimate of drug-likeness (QED) is 0.612. The van der Waals surface area contributed by atoms with E-state index in [-0.39, 0.29) is 10.6 Å². The molecular formula is C16H23N3O4S. The summed E-state index contributed by atoms with van der Waals surface area (Å²) >= 11 is 0. The van der Waals surface area contributed by atoms with Crippen LogP contribution in [-0.2, 0) is 10.0 Å². The lowest BCUT2D eigenvalue weighted by Crippen LogP contribution is -2.52. The lowest BCUT2D eigenvalue weighted by molar-refractivity contribution is -0.384. The Kier molecular flexibility index (Phi) is 5.17. The SMILES string of the molecule is O=[N+]([O-])c1ccc(S(=O)(=O)N2CCN(C3CCCCC3)CC2)cc1. The number of benzene rings is 1. The Labute approximate surface area is 142 Å². The van der Waals surface area contributed by atoms with Crippen LogP contribution in [0.2, 0.25) is 0 Å². The second-order valence-electron chi connectivity index (χ2n) is 6.48. The lowest BCUT2D eigenvalue weighted by atomic mass is 9.94. The summed E-state index contributed by atoms with van der Waals surface area (Å²) in [6.45, 7) is 2.49. The van der Waals surface area contributed by atoms with Crippen LogP contribution in [0.3, 0.4) is 0 Å². The van der Waals surface area contributed by atoms with E-state index in [2.05, 4.69) is 4.90 Å². The average molecular weight is 353 g/mol. The van der Waals surface area contributed by atoms with Gasteiger partial charge in [-0.2, -0.15) is 4.31 Å². The highest BCUT2D eigenvalue weighted by Crippen LogP contribution is 2.25. The van der Waals surface area contributed by atoms with Crippen molar-refractivity contribution in [1.82, 2.24) is 9.21 Å². The van der Waals surface area contributed by atoms with Gasteiger partial charge in [-0.3, -0.25) is 15.0 Å². The normalized spacial score (nSPS) is 21.7. The van der Waals surface area contributed by atoms with Crippen molar-refractivity contribution in [2.45, 2.75) is 43.0 Å². The van der Waals surface area contributed by atoms with Gasteiger partial charge in [-0.05, 0) is 25.0 Å². The van der Waals surface area contributed by atoms with E-state index in [0.717, 1.165) is 13.1 Å². The zero-order chi connectivity index (χ0) is 17.2. The van der Waals surface area contributed by atoms with Gasteiger partial charge >= 0.3 is 0 Å². The number of non-ortho nitro benzene ring substituents is 1. The summed E-state index contributed by atoms with van der Waals surface area (Å²) in [6.07, 6.45) is 6.28. The molecule has 2 aliphatic rings. The van der Waals surface area contributed by atoms with E-state index in [9.17, 15) is 18.5 Å². The molecule has 8 heteroatoms. The van der Waals surface area contributed by atoms with E-state index < -0.39 is 14.9 Å². The molecule has 0 N–H and O–H groups in total. The minimum absolute atomic E-state index is 0.101. The zero-order valence-corrected chi connectivity index (χ0v) is 14.5. The Bertz CT molecular complexity index is 676. The van der Waals surface area contributed by atoms with Gasteiger partial charge < -0.3 is 0 Å². The molecule has 132 valence electrons. The number of hydrogen-bond acceptors (Lipinski definition) is 5. The number of sulfonamides is 1. The lowest BCUT2D eigenvalue weighted by Gasteiger charge is -2.40. The molecule has 1 saturated heterocycles. The van der Waals surface area contributed by atoms with Gasteiger partial charge in [0.1, 0.15) is 0 Å². The van der Waals surface area contributed by atoms with Gasteiger partial charge in [-0.15, -0.1) is 0 Å². The molecule has 1 saturated carbocycles. The standard InChI is InChI=1S/C16H23N3O4S/c20-19(21)15-6-8-16(9-7-15)24(22,23)18-12-10-17(11-13-18)14-4-2-1-3-5-14/h6-9,14H,1-5,10-13H2. The van der Waals surface area contributed by atoms with Gasteiger partial charge in [0.25, 0.3) is 5.69 Å². The number of piperazine rings is 1. The van der Waals surface area contributed by atoms with Crippen LogP contribution in [0.4, 0.5) is 5.69 Å². The van der Waals surface area contributed by atoms with Gasteiger partial charge in [-0.1, -0.05) is 19.3 Å². The highest BCUT2D eigenvalue weighted by Gasteiger charge is 2.31. The highest BCUT2D eigenvalue weighted by atomic mass is 32.2. The third kappa shape index (κ3) is 3.60. The molecule has 0 aromatic heterocycles. The first-order valence-corrected chi connectivity index (χ1v) is 9.91. The van der Waals surface area contributed by atoms with Crippen LogP contribution < -0.4 is 0 Å². The molecule has 1 aromatic rings. The Hall–Kier alpha value is -1.51. The number of nitro groups is 1. The number of nitrogens with zero attached hydrogens (tertiary/aromatic N) is 3. The molecule has 3 rings (SSSR count). The fraction of sp³-hybridized carbons (Fsp3) is 0.625. The molecule has 1 aromatic carbocycles. The maximum atomic E-state index is 12.7. The number of nitro benzene ring substituents is 1. The summed E-state index contributed by atoms with van der Waals surface area (Å²) in [7, 11) is -3.57. The fourth-order valence-corrected chi connectivity index (χ4v) is 5.07. The van der Waals surface area contributed by atoms with Gasteiger partial charge in [0.15, 0.2) is 0 Å². The van der Waals surface area contributed by atoms with Crippen molar-refractivity contribution in [3.8, 4) is 0 Å². The predicted molar refractivity (Wildman–Crippen MR) is 90.3 cm³/mol. The van der Waals surface area contributed by atoms with Crippen LogP contribution in [-0.4, -0.2) is 54.8 Å². The largest absolute Gasteiger partial charge is 0.298 e. The minimum atomic E-state index is -3.57.